The minimum absolute atomic E-state index is 0.0684. The fourth-order valence-corrected chi connectivity index (χ4v) is 2.78. The summed E-state index contributed by atoms with van der Waals surface area (Å²) in [5.74, 6) is 1.17. The van der Waals surface area contributed by atoms with E-state index in [2.05, 4.69) is 15.5 Å². The highest BCUT2D eigenvalue weighted by Crippen LogP contribution is 2.20. The van der Waals surface area contributed by atoms with E-state index in [4.69, 9.17) is 4.74 Å². The first-order valence-electron chi connectivity index (χ1n) is 8.96. The van der Waals surface area contributed by atoms with Gasteiger partial charge in [0, 0.05) is 17.8 Å². The third kappa shape index (κ3) is 4.31. The predicted molar refractivity (Wildman–Crippen MR) is 103 cm³/mol. The molecule has 0 saturated heterocycles. The van der Waals surface area contributed by atoms with E-state index in [1.54, 1.807) is 21.7 Å². The van der Waals surface area contributed by atoms with Crippen molar-refractivity contribution < 1.29 is 9.53 Å². The molecule has 3 rings (SSSR count). The van der Waals surface area contributed by atoms with Crippen LogP contribution in [0.4, 0.5) is 5.69 Å². The number of carbonyl (C=O) groups excluding carboxylic acids is 1. The lowest BCUT2D eigenvalue weighted by molar-refractivity contribution is 0.0988. The summed E-state index contributed by atoms with van der Waals surface area (Å²) in [5, 5.41) is 11.6. The highest BCUT2D eigenvalue weighted by molar-refractivity contribution is 6.06. The highest BCUT2D eigenvalue weighted by atomic mass is 16.5. The van der Waals surface area contributed by atoms with E-state index in [1.807, 2.05) is 63.2 Å². The number of rotatable bonds is 7. The van der Waals surface area contributed by atoms with Gasteiger partial charge < -0.3 is 9.64 Å². The van der Waals surface area contributed by atoms with Crippen molar-refractivity contribution in [2.75, 3.05) is 11.4 Å². The second-order valence-corrected chi connectivity index (χ2v) is 6.33. The van der Waals surface area contributed by atoms with Crippen molar-refractivity contribution in [3.05, 3.63) is 66.0 Å². The number of para-hydroxylation sites is 1. The van der Waals surface area contributed by atoms with Crippen molar-refractivity contribution in [3.8, 4) is 5.75 Å². The maximum absolute atomic E-state index is 12.9. The number of hydrogen-bond donors (Lipinski definition) is 0. The topological polar surface area (TPSA) is 73.1 Å². The average molecular weight is 365 g/mol. The molecular weight excluding hydrogens is 342 g/mol. The SMILES string of the molecule is CCN(C(=O)c1cccc(OCc2nnnn2C(C)C)c1)c1ccccc1. The van der Waals surface area contributed by atoms with Gasteiger partial charge in [-0.1, -0.05) is 24.3 Å². The number of anilines is 1. The molecule has 0 spiro atoms. The summed E-state index contributed by atoms with van der Waals surface area (Å²) < 4.78 is 7.53. The highest BCUT2D eigenvalue weighted by Gasteiger charge is 2.17. The molecule has 7 heteroatoms. The van der Waals surface area contributed by atoms with Crippen LogP contribution in [0.5, 0.6) is 5.75 Å². The van der Waals surface area contributed by atoms with E-state index in [1.165, 1.54) is 0 Å². The number of nitrogens with zero attached hydrogens (tertiary/aromatic N) is 5. The zero-order chi connectivity index (χ0) is 19.2. The Hall–Kier alpha value is -3.22. The van der Waals surface area contributed by atoms with Gasteiger partial charge in [-0.05, 0) is 61.5 Å². The Kier molecular flexibility index (Phi) is 5.80. The third-order valence-corrected chi connectivity index (χ3v) is 4.13. The Labute approximate surface area is 158 Å². The van der Waals surface area contributed by atoms with E-state index in [9.17, 15) is 4.79 Å². The number of amides is 1. The summed E-state index contributed by atoms with van der Waals surface area (Å²) >= 11 is 0. The van der Waals surface area contributed by atoms with Crippen molar-refractivity contribution in [2.24, 2.45) is 0 Å². The Morgan fingerprint density at radius 2 is 1.93 bits per heavy atom. The number of ether oxygens (including phenoxy) is 1. The van der Waals surface area contributed by atoms with E-state index < -0.39 is 0 Å². The fraction of sp³-hybridized carbons (Fsp3) is 0.300. The molecule has 0 aliphatic rings. The van der Waals surface area contributed by atoms with Crippen molar-refractivity contribution in [3.63, 3.8) is 0 Å². The molecule has 3 aromatic rings. The monoisotopic (exact) mass is 365 g/mol. The lowest BCUT2D eigenvalue weighted by Gasteiger charge is -2.21. The fourth-order valence-electron chi connectivity index (χ4n) is 2.78. The molecule has 1 heterocycles. The normalized spacial score (nSPS) is 10.8. The average Bonchev–Trinajstić information content (AvgIpc) is 3.17. The van der Waals surface area contributed by atoms with Gasteiger partial charge in [0.15, 0.2) is 5.82 Å². The first kappa shape index (κ1) is 18.6. The number of tetrazole rings is 1. The Bertz CT molecular complexity index is 892. The molecule has 1 aromatic heterocycles. The molecule has 7 nitrogen and oxygen atoms in total. The van der Waals surface area contributed by atoms with Crippen LogP contribution in [0.3, 0.4) is 0 Å². The van der Waals surface area contributed by atoms with Crippen molar-refractivity contribution in [1.82, 2.24) is 20.2 Å². The standard InChI is InChI=1S/C20H23N5O2/c1-4-24(17-10-6-5-7-11-17)20(26)16-9-8-12-18(13-16)27-14-19-21-22-23-25(19)15(2)3/h5-13,15H,4,14H2,1-3H3. The first-order chi connectivity index (χ1) is 13.1. The van der Waals surface area contributed by atoms with Gasteiger partial charge in [0.1, 0.15) is 12.4 Å². The van der Waals surface area contributed by atoms with E-state index >= 15 is 0 Å². The minimum Gasteiger partial charge on any atom is -0.486 e. The smallest absolute Gasteiger partial charge is 0.258 e. The van der Waals surface area contributed by atoms with E-state index in [0.717, 1.165) is 5.69 Å². The molecular formula is C20H23N5O2. The molecule has 140 valence electrons. The minimum atomic E-state index is -0.0684. The molecule has 2 aromatic carbocycles. The maximum Gasteiger partial charge on any atom is 0.258 e. The summed E-state index contributed by atoms with van der Waals surface area (Å²) in [7, 11) is 0. The van der Waals surface area contributed by atoms with Crippen LogP contribution in [0, 0.1) is 0 Å². The molecule has 0 aliphatic carbocycles. The van der Waals surface area contributed by atoms with Crippen molar-refractivity contribution >= 4 is 11.6 Å². The van der Waals surface area contributed by atoms with Crippen LogP contribution in [0.25, 0.3) is 0 Å². The third-order valence-electron chi connectivity index (χ3n) is 4.13. The number of benzene rings is 2. The van der Waals surface area contributed by atoms with Crippen LogP contribution in [0.1, 0.15) is 43.0 Å². The quantitative estimate of drug-likeness (QED) is 0.641. The molecule has 0 unspecified atom stereocenters. The van der Waals surface area contributed by atoms with Gasteiger partial charge in [-0.2, -0.15) is 0 Å². The Morgan fingerprint density at radius 3 is 2.63 bits per heavy atom. The van der Waals surface area contributed by atoms with Crippen LogP contribution in [-0.4, -0.2) is 32.7 Å². The Morgan fingerprint density at radius 1 is 1.15 bits per heavy atom. The molecule has 0 atom stereocenters. The largest absolute Gasteiger partial charge is 0.486 e. The summed E-state index contributed by atoms with van der Waals surface area (Å²) in [4.78, 5) is 14.7. The first-order valence-corrected chi connectivity index (χ1v) is 8.96. The van der Waals surface area contributed by atoms with Crippen LogP contribution in [0.2, 0.25) is 0 Å². The number of hydrogen-bond acceptors (Lipinski definition) is 5. The van der Waals surface area contributed by atoms with Crippen LogP contribution in [0.15, 0.2) is 54.6 Å². The predicted octanol–water partition coefficient (Wildman–Crippen LogP) is 3.50. The van der Waals surface area contributed by atoms with Gasteiger partial charge in [-0.3, -0.25) is 4.79 Å². The molecule has 0 radical (unpaired) electrons. The zero-order valence-corrected chi connectivity index (χ0v) is 15.7. The van der Waals surface area contributed by atoms with Gasteiger partial charge in [-0.15, -0.1) is 5.10 Å². The summed E-state index contributed by atoms with van der Waals surface area (Å²) in [6.07, 6.45) is 0. The van der Waals surface area contributed by atoms with Gasteiger partial charge in [0.05, 0.1) is 6.04 Å². The van der Waals surface area contributed by atoms with Crippen LogP contribution < -0.4 is 9.64 Å². The van der Waals surface area contributed by atoms with Crippen LogP contribution >= 0.6 is 0 Å². The van der Waals surface area contributed by atoms with E-state index in [-0.39, 0.29) is 18.6 Å². The summed E-state index contributed by atoms with van der Waals surface area (Å²) in [6, 6.07) is 16.9. The summed E-state index contributed by atoms with van der Waals surface area (Å²) in [6.45, 7) is 6.78. The van der Waals surface area contributed by atoms with Crippen molar-refractivity contribution in [1.29, 1.82) is 0 Å². The zero-order valence-electron chi connectivity index (χ0n) is 15.7. The number of carbonyl (C=O) groups is 1. The lowest BCUT2D eigenvalue weighted by atomic mass is 10.1. The van der Waals surface area contributed by atoms with Gasteiger partial charge >= 0.3 is 0 Å². The van der Waals surface area contributed by atoms with E-state index in [0.29, 0.717) is 23.7 Å². The van der Waals surface area contributed by atoms with Crippen molar-refractivity contribution in [2.45, 2.75) is 33.4 Å². The number of aromatic nitrogens is 4. The van der Waals surface area contributed by atoms with Gasteiger partial charge in [0.25, 0.3) is 5.91 Å². The second kappa shape index (κ2) is 8.44. The second-order valence-electron chi connectivity index (χ2n) is 6.33. The lowest BCUT2D eigenvalue weighted by Crippen LogP contribution is -2.30. The molecule has 0 aliphatic heterocycles. The Balaban J connectivity index is 1.75. The molecule has 1 amide bonds. The molecule has 27 heavy (non-hydrogen) atoms. The molecule has 0 fully saturated rings. The van der Waals surface area contributed by atoms with Crippen LogP contribution in [-0.2, 0) is 6.61 Å². The van der Waals surface area contributed by atoms with Gasteiger partial charge in [0.2, 0.25) is 0 Å². The maximum atomic E-state index is 12.9. The molecule has 0 saturated carbocycles. The summed E-state index contributed by atoms with van der Waals surface area (Å²) in [5.41, 5.74) is 1.44. The van der Waals surface area contributed by atoms with Gasteiger partial charge in [-0.25, -0.2) is 4.68 Å². The molecule has 0 N–H and O–H groups in total. The molecule has 0 bridgehead atoms.